The van der Waals surface area contributed by atoms with Crippen molar-refractivity contribution in [3.05, 3.63) is 24.0 Å². The molecule has 1 rings (SSSR count). The lowest BCUT2D eigenvalue weighted by Gasteiger charge is -2.03. The van der Waals surface area contributed by atoms with E-state index in [0.29, 0.717) is 18.8 Å². The van der Waals surface area contributed by atoms with E-state index in [2.05, 4.69) is 10.3 Å². The van der Waals surface area contributed by atoms with Gasteiger partial charge in [-0.15, -0.1) is 0 Å². The van der Waals surface area contributed by atoms with E-state index < -0.39 is 0 Å². The van der Waals surface area contributed by atoms with E-state index in [-0.39, 0.29) is 12.4 Å². The Balaban J connectivity index is 2.46. The molecular weight excluding hydrogens is 156 g/mol. The van der Waals surface area contributed by atoms with E-state index in [0.717, 1.165) is 0 Å². The van der Waals surface area contributed by atoms with Crippen molar-refractivity contribution >= 4 is 0 Å². The highest BCUT2D eigenvalue weighted by atomic mass is 16.3. The molecule has 0 radical (unpaired) electrons. The smallest absolute Gasteiger partial charge is 0.138 e. The van der Waals surface area contributed by atoms with Gasteiger partial charge in [0.25, 0.3) is 0 Å². The summed E-state index contributed by atoms with van der Waals surface area (Å²) in [5.41, 5.74) is 0.603. The van der Waals surface area contributed by atoms with Crippen molar-refractivity contribution in [2.75, 3.05) is 13.2 Å². The summed E-state index contributed by atoms with van der Waals surface area (Å²) in [4.78, 5) is 3.96. The van der Waals surface area contributed by atoms with Crippen molar-refractivity contribution in [2.24, 2.45) is 0 Å². The van der Waals surface area contributed by atoms with Gasteiger partial charge in [0.05, 0.1) is 12.3 Å². The molecule has 1 heterocycles. The third kappa shape index (κ3) is 2.48. The zero-order valence-corrected chi connectivity index (χ0v) is 6.70. The van der Waals surface area contributed by atoms with Crippen LogP contribution in [0.1, 0.15) is 5.69 Å². The van der Waals surface area contributed by atoms with Crippen LogP contribution in [0.25, 0.3) is 0 Å². The standard InChI is InChI=1S/C8H12N2O2/c11-5-4-9-6-7-8(12)2-1-3-10-7/h1-3,9,11-12H,4-6H2. The predicted molar refractivity (Wildman–Crippen MR) is 44.7 cm³/mol. The van der Waals surface area contributed by atoms with E-state index >= 15 is 0 Å². The molecule has 1 aromatic heterocycles. The second-order valence-corrected chi connectivity index (χ2v) is 2.37. The first kappa shape index (κ1) is 8.96. The highest BCUT2D eigenvalue weighted by Crippen LogP contribution is 2.11. The van der Waals surface area contributed by atoms with E-state index in [1.54, 1.807) is 18.3 Å². The lowest BCUT2D eigenvalue weighted by molar-refractivity contribution is 0.291. The summed E-state index contributed by atoms with van der Waals surface area (Å²) in [5, 5.41) is 20.6. The van der Waals surface area contributed by atoms with Crippen molar-refractivity contribution in [1.29, 1.82) is 0 Å². The average Bonchev–Trinajstić information content (AvgIpc) is 2.09. The van der Waals surface area contributed by atoms with Gasteiger partial charge in [0.15, 0.2) is 0 Å². The number of hydrogen-bond donors (Lipinski definition) is 3. The van der Waals surface area contributed by atoms with Crippen molar-refractivity contribution in [3.63, 3.8) is 0 Å². The van der Waals surface area contributed by atoms with Crippen LogP contribution in [0.15, 0.2) is 18.3 Å². The molecule has 3 N–H and O–H groups in total. The Kier molecular flexibility index (Phi) is 3.50. The van der Waals surface area contributed by atoms with Crippen molar-refractivity contribution in [2.45, 2.75) is 6.54 Å². The maximum atomic E-state index is 9.24. The second kappa shape index (κ2) is 4.69. The zero-order valence-electron chi connectivity index (χ0n) is 6.70. The minimum absolute atomic E-state index is 0.0909. The van der Waals surface area contributed by atoms with Crippen LogP contribution < -0.4 is 5.32 Å². The zero-order chi connectivity index (χ0) is 8.81. The Labute approximate surface area is 70.9 Å². The van der Waals surface area contributed by atoms with Crippen LogP contribution in [0, 0.1) is 0 Å². The third-order valence-electron chi connectivity index (χ3n) is 1.45. The van der Waals surface area contributed by atoms with E-state index in [4.69, 9.17) is 5.11 Å². The lowest BCUT2D eigenvalue weighted by Crippen LogP contribution is -2.18. The number of aliphatic hydroxyl groups excluding tert-OH is 1. The highest BCUT2D eigenvalue weighted by Gasteiger charge is 1.98. The number of nitrogens with one attached hydrogen (secondary N) is 1. The molecule has 1 aromatic rings. The van der Waals surface area contributed by atoms with Gasteiger partial charge in [0.2, 0.25) is 0 Å². The fourth-order valence-electron chi connectivity index (χ4n) is 0.852. The van der Waals surface area contributed by atoms with E-state index in [1.165, 1.54) is 0 Å². The maximum Gasteiger partial charge on any atom is 0.138 e. The molecule has 12 heavy (non-hydrogen) atoms. The van der Waals surface area contributed by atoms with Crippen LogP contribution in [0.3, 0.4) is 0 Å². The molecule has 0 spiro atoms. The van der Waals surface area contributed by atoms with Crippen LogP contribution >= 0.6 is 0 Å². The number of hydrogen-bond acceptors (Lipinski definition) is 4. The maximum absolute atomic E-state index is 9.24. The van der Waals surface area contributed by atoms with E-state index in [1.807, 2.05) is 0 Å². The Hall–Kier alpha value is -1.13. The molecule has 4 heteroatoms. The number of nitrogens with zero attached hydrogens (tertiary/aromatic N) is 1. The summed E-state index contributed by atoms with van der Waals surface area (Å²) in [6.45, 7) is 1.08. The number of aromatic hydroxyl groups is 1. The molecule has 0 aliphatic heterocycles. The fourth-order valence-corrected chi connectivity index (χ4v) is 0.852. The summed E-state index contributed by atoms with van der Waals surface area (Å²) in [5.74, 6) is 0.183. The minimum Gasteiger partial charge on any atom is -0.506 e. The monoisotopic (exact) mass is 168 g/mol. The molecule has 0 aliphatic rings. The highest BCUT2D eigenvalue weighted by molar-refractivity contribution is 5.24. The van der Waals surface area contributed by atoms with Crippen molar-refractivity contribution in [3.8, 4) is 5.75 Å². The summed E-state index contributed by atoms with van der Waals surface area (Å²) in [6.07, 6.45) is 1.62. The van der Waals surface area contributed by atoms with Crippen molar-refractivity contribution in [1.82, 2.24) is 10.3 Å². The molecule has 0 bridgehead atoms. The van der Waals surface area contributed by atoms with Gasteiger partial charge in [-0.05, 0) is 12.1 Å². The summed E-state index contributed by atoms with van der Waals surface area (Å²) in [6, 6.07) is 3.26. The molecule has 0 saturated carbocycles. The first-order valence-corrected chi connectivity index (χ1v) is 3.79. The fraction of sp³-hybridized carbons (Fsp3) is 0.375. The molecular formula is C8H12N2O2. The first-order chi connectivity index (χ1) is 5.84. The van der Waals surface area contributed by atoms with Gasteiger partial charge in [-0.2, -0.15) is 0 Å². The van der Waals surface area contributed by atoms with Crippen LogP contribution in [-0.4, -0.2) is 28.3 Å². The number of pyridine rings is 1. The van der Waals surface area contributed by atoms with Gasteiger partial charge in [0, 0.05) is 19.3 Å². The third-order valence-corrected chi connectivity index (χ3v) is 1.45. The SMILES string of the molecule is OCCNCc1ncccc1O. The summed E-state index contributed by atoms with van der Waals surface area (Å²) < 4.78 is 0. The first-order valence-electron chi connectivity index (χ1n) is 3.79. The molecule has 0 aliphatic carbocycles. The normalized spacial score (nSPS) is 10.1. The summed E-state index contributed by atoms with van der Waals surface area (Å²) in [7, 11) is 0. The molecule has 0 saturated heterocycles. The van der Waals surface area contributed by atoms with Crippen LogP contribution in [0.4, 0.5) is 0 Å². The Morgan fingerprint density at radius 2 is 2.33 bits per heavy atom. The Morgan fingerprint density at radius 3 is 3.00 bits per heavy atom. The topological polar surface area (TPSA) is 65.4 Å². The molecule has 0 atom stereocenters. The summed E-state index contributed by atoms with van der Waals surface area (Å²) >= 11 is 0. The van der Waals surface area contributed by atoms with Gasteiger partial charge in [-0.25, -0.2) is 0 Å². The van der Waals surface area contributed by atoms with Crippen molar-refractivity contribution < 1.29 is 10.2 Å². The van der Waals surface area contributed by atoms with Crippen LogP contribution in [-0.2, 0) is 6.54 Å². The van der Waals surface area contributed by atoms with Gasteiger partial charge in [-0.1, -0.05) is 0 Å². The van der Waals surface area contributed by atoms with Gasteiger partial charge in [-0.3, -0.25) is 4.98 Å². The van der Waals surface area contributed by atoms with Gasteiger partial charge < -0.3 is 15.5 Å². The van der Waals surface area contributed by atoms with Gasteiger partial charge in [0.1, 0.15) is 5.75 Å². The number of rotatable bonds is 4. The quantitative estimate of drug-likeness (QED) is 0.548. The molecule has 0 aromatic carbocycles. The number of aromatic nitrogens is 1. The minimum atomic E-state index is 0.0909. The second-order valence-electron chi connectivity index (χ2n) is 2.37. The van der Waals surface area contributed by atoms with Crippen LogP contribution in [0.5, 0.6) is 5.75 Å². The van der Waals surface area contributed by atoms with Crippen LogP contribution in [0.2, 0.25) is 0 Å². The Morgan fingerprint density at radius 1 is 1.50 bits per heavy atom. The Bertz CT molecular complexity index is 240. The average molecular weight is 168 g/mol. The molecule has 0 amide bonds. The number of aliphatic hydroxyl groups is 1. The lowest BCUT2D eigenvalue weighted by atomic mass is 10.3. The molecule has 66 valence electrons. The predicted octanol–water partition coefficient (Wildman–Crippen LogP) is -0.131. The molecule has 0 fully saturated rings. The van der Waals surface area contributed by atoms with E-state index in [9.17, 15) is 5.11 Å². The molecule has 0 unspecified atom stereocenters. The molecule has 4 nitrogen and oxygen atoms in total. The largest absolute Gasteiger partial charge is 0.506 e. The van der Waals surface area contributed by atoms with Gasteiger partial charge >= 0.3 is 0 Å².